The Morgan fingerprint density at radius 1 is 1.03 bits per heavy atom. The summed E-state index contributed by atoms with van der Waals surface area (Å²) in [7, 11) is 0. The van der Waals surface area contributed by atoms with E-state index in [0.29, 0.717) is 5.39 Å². The normalized spacial score (nSPS) is 13.5. The monoisotopic (exact) mass is 435 g/mol. The van der Waals surface area contributed by atoms with Crippen LogP contribution >= 0.6 is 0 Å². The summed E-state index contributed by atoms with van der Waals surface area (Å²) < 4.78 is 0. The number of nitrogens with zero attached hydrogens (tertiary/aromatic N) is 3. The standard InChI is InChI=1S/C25H29N3O4/c1-4-6-9-14-25(3,5-2)18-15-20(24(30)21(16-18)28(31)32)26-27-23-19-11-8-7-10-17(19)12-13-22(23)29/h7-8,10-13,15-16,29-30H,4-6,9,14H2,1-3H3. The zero-order valence-corrected chi connectivity index (χ0v) is 18.7. The van der Waals surface area contributed by atoms with Crippen LogP contribution in [0.2, 0.25) is 0 Å². The summed E-state index contributed by atoms with van der Waals surface area (Å²) in [6.07, 6.45) is 4.85. The molecule has 1 atom stereocenters. The van der Waals surface area contributed by atoms with Crippen LogP contribution in [0.25, 0.3) is 10.8 Å². The molecule has 7 heteroatoms. The van der Waals surface area contributed by atoms with Gasteiger partial charge in [0.05, 0.1) is 4.92 Å². The molecular weight excluding hydrogens is 406 g/mol. The highest BCUT2D eigenvalue weighted by Crippen LogP contribution is 2.44. The third-order valence-electron chi connectivity index (χ3n) is 6.21. The molecule has 0 aromatic heterocycles. The predicted molar refractivity (Wildman–Crippen MR) is 126 cm³/mol. The van der Waals surface area contributed by atoms with Gasteiger partial charge in [-0.25, -0.2) is 0 Å². The summed E-state index contributed by atoms with van der Waals surface area (Å²) in [4.78, 5) is 11.0. The molecule has 0 heterocycles. The number of fused-ring (bicyclic) bond motifs is 1. The van der Waals surface area contributed by atoms with Crippen LogP contribution in [0.5, 0.6) is 11.5 Å². The van der Waals surface area contributed by atoms with Crippen molar-refractivity contribution in [2.75, 3.05) is 0 Å². The first-order valence-electron chi connectivity index (χ1n) is 10.9. The average molecular weight is 436 g/mol. The molecule has 0 radical (unpaired) electrons. The maximum atomic E-state index is 11.6. The Morgan fingerprint density at radius 3 is 2.47 bits per heavy atom. The van der Waals surface area contributed by atoms with Crippen molar-refractivity contribution >= 4 is 27.8 Å². The van der Waals surface area contributed by atoms with Crippen LogP contribution in [0.3, 0.4) is 0 Å². The van der Waals surface area contributed by atoms with Crippen molar-refractivity contribution in [2.24, 2.45) is 10.2 Å². The van der Waals surface area contributed by atoms with Gasteiger partial charge in [-0.1, -0.05) is 70.4 Å². The van der Waals surface area contributed by atoms with Crippen molar-refractivity contribution < 1.29 is 15.1 Å². The minimum Gasteiger partial charge on any atom is -0.506 e. The van der Waals surface area contributed by atoms with Crippen molar-refractivity contribution in [3.63, 3.8) is 0 Å². The molecule has 1 unspecified atom stereocenters. The van der Waals surface area contributed by atoms with Gasteiger partial charge in [0.2, 0.25) is 5.75 Å². The van der Waals surface area contributed by atoms with Gasteiger partial charge in [-0.3, -0.25) is 10.1 Å². The first-order valence-corrected chi connectivity index (χ1v) is 10.9. The minimum absolute atomic E-state index is 0.0108. The lowest BCUT2D eigenvalue weighted by Gasteiger charge is -2.29. The Labute approximate surface area is 187 Å². The minimum atomic E-state index is -0.602. The fraction of sp³-hybridized carbons (Fsp3) is 0.360. The largest absolute Gasteiger partial charge is 0.506 e. The van der Waals surface area contributed by atoms with Crippen molar-refractivity contribution in [3.8, 4) is 11.5 Å². The molecule has 3 aromatic rings. The smallest absolute Gasteiger partial charge is 0.313 e. The zero-order chi connectivity index (χ0) is 23.3. The Morgan fingerprint density at radius 2 is 1.78 bits per heavy atom. The molecule has 7 nitrogen and oxygen atoms in total. The van der Waals surface area contributed by atoms with E-state index in [-0.39, 0.29) is 22.5 Å². The first-order chi connectivity index (χ1) is 15.3. The number of phenolic OH excluding ortho intramolecular Hbond substituents is 2. The van der Waals surface area contributed by atoms with Gasteiger partial charge >= 0.3 is 5.69 Å². The van der Waals surface area contributed by atoms with Crippen LogP contribution < -0.4 is 0 Å². The molecule has 0 saturated carbocycles. The lowest BCUT2D eigenvalue weighted by Crippen LogP contribution is -2.21. The van der Waals surface area contributed by atoms with Crippen LogP contribution in [0, 0.1) is 10.1 Å². The van der Waals surface area contributed by atoms with Crippen LogP contribution in [-0.4, -0.2) is 15.1 Å². The maximum absolute atomic E-state index is 11.6. The van der Waals surface area contributed by atoms with Crippen LogP contribution in [0.15, 0.2) is 58.8 Å². The predicted octanol–water partition coefficient (Wildman–Crippen LogP) is 7.82. The second-order valence-electron chi connectivity index (χ2n) is 8.35. The van der Waals surface area contributed by atoms with E-state index in [0.717, 1.165) is 43.1 Å². The van der Waals surface area contributed by atoms with Gasteiger partial charge in [0, 0.05) is 11.5 Å². The third kappa shape index (κ3) is 4.72. The van der Waals surface area contributed by atoms with Gasteiger partial charge in [0.25, 0.3) is 0 Å². The molecule has 0 aliphatic heterocycles. The van der Waals surface area contributed by atoms with E-state index in [1.54, 1.807) is 12.1 Å². The van der Waals surface area contributed by atoms with Gasteiger partial charge in [0.1, 0.15) is 17.1 Å². The number of unbranched alkanes of at least 4 members (excludes halogenated alkanes) is 2. The summed E-state index contributed by atoms with van der Waals surface area (Å²) in [5, 5.41) is 42.4. The van der Waals surface area contributed by atoms with Crippen molar-refractivity contribution in [1.29, 1.82) is 0 Å². The number of hydrogen-bond acceptors (Lipinski definition) is 6. The topological polar surface area (TPSA) is 108 Å². The summed E-state index contributed by atoms with van der Waals surface area (Å²) >= 11 is 0. The van der Waals surface area contributed by atoms with E-state index >= 15 is 0 Å². The molecule has 0 bridgehead atoms. The maximum Gasteiger partial charge on any atom is 0.313 e. The molecule has 168 valence electrons. The molecule has 0 fully saturated rings. The molecule has 32 heavy (non-hydrogen) atoms. The highest BCUT2D eigenvalue weighted by Gasteiger charge is 2.29. The SMILES string of the molecule is CCCCCC(C)(CC)c1cc(N=Nc2c(O)ccc3ccccc23)c(O)c([N+](=O)[O-])c1. The van der Waals surface area contributed by atoms with Crippen LogP contribution in [-0.2, 0) is 5.41 Å². The number of benzene rings is 3. The lowest BCUT2D eigenvalue weighted by atomic mass is 9.75. The summed E-state index contributed by atoms with van der Waals surface area (Å²) in [5.74, 6) is -0.593. The summed E-state index contributed by atoms with van der Waals surface area (Å²) in [6, 6.07) is 13.8. The molecule has 0 aliphatic carbocycles. The number of rotatable bonds is 9. The zero-order valence-electron chi connectivity index (χ0n) is 18.7. The van der Waals surface area contributed by atoms with Gasteiger partial charge in [-0.2, -0.15) is 0 Å². The first kappa shape index (κ1) is 23.2. The molecule has 2 N–H and O–H groups in total. The molecule has 3 aromatic carbocycles. The number of hydrogen-bond donors (Lipinski definition) is 2. The van der Waals surface area contributed by atoms with Gasteiger partial charge in [-0.05, 0) is 41.3 Å². The van der Waals surface area contributed by atoms with Gasteiger partial charge in [-0.15, -0.1) is 10.2 Å². The second-order valence-corrected chi connectivity index (χ2v) is 8.35. The highest BCUT2D eigenvalue weighted by atomic mass is 16.6. The number of azo groups is 1. The Bertz CT molecular complexity index is 1160. The molecule has 0 aliphatic rings. The number of phenols is 2. The Kier molecular flexibility index (Phi) is 7.08. The number of nitro benzene ring substituents is 1. The Balaban J connectivity index is 2.11. The molecule has 3 rings (SSSR count). The van der Waals surface area contributed by atoms with E-state index in [4.69, 9.17) is 0 Å². The second kappa shape index (κ2) is 9.77. The lowest BCUT2D eigenvalue weighted by molar-refractivity contribution is -0.385. The summed E-state index contributed by atoms with van der Waals surface area (Å²) in [6.45, 7) is 6.27. The van der Waals surface area contributed by atoms with Crippen molar-refractivity contribution in [3.05, 3.63) is 64.2 Å². The van der Waals surface area contributed by atoms with Crippen LogP contribution in [0.4, 0.5) is 17.1 Å². The fourth-order valence-corrected chi connectivity index (χ4v) is 3.91. The number of aromatic hydroxyl groups is 2. The highest BCUT2D eigenvalue weighted by molar-refractivity contribution is 5.95. The molecule has 0 saturated heterocycles. The van der Waals surface area contributed by atoms with Gasteiger partial charge < -0.3 is 10.2 Å². The molecule has 0 spiro atoms. The Hall–Kier alpha value is -3.48. The van der Waals surface area contributed by atoms with E-state index in [1.807, 2.05) is 24.3 Å². The summed E-state index contributed by atoms with van der Waals surface area (Å²) in [5.41, 5.74) is 0.318. The van der Waals surface area contributed by atoms with E-state index in [1.165, 1.54) is 12.1 Å². The van der Waals surface area contributed by atoms with E-state index < -0.39 is 16.4 Å². The quantitative estimate of drug-likeness (QED) is 0.154. The van der Waals surface area contributed by atoms with Crippen molar-refractivity contribution in [2.45, 2.75) is 58.3 Å². The van der Waals surface area contributed by atoms with E-state index in [2.05, 4.69) is 31.0 Å². The third-order valence-corrected chi connectivity index (χ3v) is 6.21. The average Bonchev–Trinajstić information content (AvgIpc) is 2.79. The molecular formula is C25H29N3O4. The van der Waals surface area contributed by atoms with Crippen molar-refractivity contribution in [1.82, 2.24) is 0 Å². The fourth-order valence-electron chi connectivity index (χ4n) is 3.91. The van der Waals surface area contributed by atoms with Gasteiger partial charge in [0.15, 0.2) is 0 Å². The van der Waals surface area contributed by atoms with E-state index in [9.17, 15) is 20.3 Å². The molecule has 0 amide bonds. The number of nitro groups is 1. The van der Waals surface area contributed by atoms with Crippen LogP contribution in [0.1, 0.15) is 58.4 Å².